The summed E-state index contributed by atoms with van der Waals surface area (Å²) in [5, 5.41) is 0. The Balaban J connectivity index is 2.87. The summed E-state index contributed by atoms with van der Waals surface area (Å²) < 4.78 is 10.5. The molecule has 1 aromatic rings. The van der Waals surface area contributed by atoms with Gasteiger partial charge in [-0.25, -0.2) is 0 Å². The molecule has 0 fully saturated rings. The van der Waals surface area contributed by atoms with E-state index in [4.69, 9.17) is 9.47 Å². The summed E-state index contributed by atoms with van der Waals surface area (Å²) in [4.78, 5) is 11.8. The Labute approximate surface area is 109 Å². The first-order valence-corrected chi connectivity index (χ1v) is 6.39. The minimum atomic E-state index is 0.105. The molecule has 0 aliphatic rings. The molecule has 1 rings (SSSR count). The van der Waals surface area contributed by atoms with Gasteiger partial charge < -0.3 is 9.47 Å². The summed E-state index contributed by atoms with van der Waals surface area (Å²) in [5.74, 6) is 1.87. The van der Waals surface area contributed by atoms with Gasteiger partial charge in [0.1, 0.15) is 5.78 Å². The Morgan fingerprint density at radius 2 is 1.83 bits per heavy atom. The summed E-state index contributed by atoms with van der Waals surface area (Å²) in [6.45, 7) is 3.97. The minimum Gasteiger partial charge on any atom is -0.493 e. The van der Waals surface area contributed by atoms with E-state index in [0.29, 0.717) is 18.0 Å². The molecule has 0 radical (unpaired) electrons. The third kappa shape index (κ3) is 3.49. The van der Waals surface area contributed by atoms with E-state index in [1.165, 1.54) is 0 Å². The molecule has 100 valence electrons. The van der Waals surface area contributed by atoms with Gasteiger partial charge in [0.05, 0.1) is 14.2 Å². The molecule has 0 aliphatic heterocycles. The summed E-state index contributed by atoms with van der Waals surface area (Å²) >= 11 is 0. The maximum Gasteiger partial charge on any atom is 0.160 e. The molecule has 0 saturated carbocycles. The number of carbonyl (C=O) groups excluding carboxylic acids is 1. The van der Waals surface area contributed by atoms with E-state index in [9.17, 15) is 4.79 Å². The summed E-state index contributed by atoms with van der Waals surface area (Å²) in [7, 11) is 3.24. The standard InChI is InChI=1S/C15H22O3/c1-5-12(13(16)6-2)9-11-7-8-14(17-3)15(10-11)18-4/h7-8,10,12H,5-6,9H2,1-4H3. The Bertz CT molecular complexity index is 399. The predicted octanol–water partition coefficient (Wildman–Crippen LogP) is 3.25. The van der Waals surface area contributed by atoms with Crippen LogP contribution in [-0.4, -0.2) is 20.0 Å². The predicted molar refractivity (Wildman–Crippen MR) is 72.3 cm³/mol. The van der Waals surface area contributed by atoms with Crippen molar-refractivity contribution in [3.8, 4) is 11.5 Å². The molecular formula is C15H22O3. The van der Waals surface area contributed by atoms with Crippen molar-refractivity contribution < 1.29 is 14.3 Å². The zero-order chi connectivity index (χ0) is 13.5. The molecule has 1 atom stereocenters. The van der Waals surface area contributed by atoms with Crippen molar-refractivity contribution in [2.24, 2.45) is 5.92 Å². The number of carbonyl (C=O) groups is 1. The van der Waals surface area contributed by atoms with Crippen molar-refractivity contribution in [1.82, 2.24) is 0 Å². The Hall–Kier alpha value is -1.51. The van der Waals surface area contributed by atoms with Crippen LogP contribution in [0.4, 0.5) is 0 Å². The number of ether oxygens (including phenoxy) is 2. The highest BCUT2D eigenvalue weighted by Gasteiger charge is 2.16. The normalized spacial score (nSPS) is 12.0. The van der Waals surface area contributed by atoms with E-state index in [-0.39, 0.29) is 5.92 Å². The second kappa shape index (κ2) is 7.04. The van der Waals surface area contributed by atoms with Gasteiger partial charge in [-0.2, -0.15) is 0 Å². The molecule has 3 nitrogen and oxygen atoms in total. The van der Waals surface area contributed by atoms with Crippen molar-refractivity contribution in [2.75, 3.05) is 14.2 Å². The van der Waals surface area contributed by atoms with Gasteiger partial charge in [-0.05, 0) is 30.5 Å². The van der Waals surface area contributed by atoms with Crippen molar-refractivity contribution in [1.29, 1.82) is 0 Å². The smallest absolute Gasteiger partial charge is 0.160 e. The van der Waals surface area contributed by atoms with Gasteiger partial charge in [0, 0.05) is 12.3 Å². The van der Waals surface area contributed by atoms with Crippen LogP contribution in [0.25, 0.3) is 0 Å². The fraction of sp³-hybridized carbons (Fsp3) is 0.533. The van der Waals surface area contributed by atoms with Gasteiger partial charge in [-0.1, -0.05) is 19.9 Å². The first-order valence-electron chi connectivity index (χ1n) is 6.39. The molecule has 0 amide bonds. The average molecular weight is 250 g/mol. The van der Waals surface area contributed by atoms with E-state index in [1.807, 2.05) is 25.1 Å². The molecule has 18 heavy (non-hydrogen) atoms. The molecular weight excluding hydrogens is 228 g/mol. The van der Waals surface area contributed by atoms with E-state index in [1.54, 1.807) is 14.2 Å². The minimum absolute atomic E-state index is 0.105. The van der Waals surface area contributed by atoms with Crippen LogP contribution < -0.4 is 9.47 Å². The van der Waals surface area contributed by atoms with Crippen LogP contribution in [0.15, 0.2) is 18.2 Å². The van der Waals surface area contributed by atoms with Gasteiger partial charge in [0.25, 0.3) is 0 Å². The molecule has 0 saturated heterocycles. The largest absolute Gasteiger partial charge is 0.493 e. The van der Waals surface area contributed by atoms with Gasteiger partial charge in [0.2, 0.25) is 0 Å². The topological polar surface area (TPSA) is 35.5 Å². The van der Waals surface area contributed by atoms with E-state index in [0.717, 1.165) is 24.2 Å². The molecule has 3 heteroatoms. The average Bonchev–Trinajstić information content (AvgIpc) is 2.43. The van der Waals surface area contributed by atoms with Gasteiger partial charge in [0.15, 0.2) is 11.5 Å². The first-order chi connectivity index (χ1) is 8.65. The van der Waals surface area contributed by atoms with Gasteiger partial charge in [-0.3, -0.25) is 4.79 Å². The van der Waals surface area contributed by atoms with Gasteiger partial charge >= 0.3 is 0 Å². The quantitative estimate of drug-likeness (QED) is 0.745. The second-order valence-electron chi connectivity index (χ2n) is 4.32. The van der Waals surface area contributed by atoms with Crippen molar-refractivity contribution >= 4 is 5.78 Å². The van der Waals surface area contributed by atoms with Crippen molar-refractivity contribution in [3.63, 3.8) is 0 Å². The maximum atomic E-state index is 11.8. The highest BCUT2D eigenvalue weighted by Crippen LogP contribution is 2.29. The Kier molecular flexibility index (Phi) is 5.69. The van der Waals surface area contributed by atoms with Crippen LogP contribution in [-0.2, 0) is 11.2 Å². The third-order valence-corrected chi connectivity index (χ3v) is 3.23. The Morgan fingerprint density at radius 3 is 2.33 bits per heavy atom. The van der Waals surface area contributed by atoms with Crippen LogP contribution in [0.5, 0.6) is 11.5 Å². The van der Waals surface area contributed by atoms with Gasteiger partial charge in [-0.15, -0.1) is 0 Å². The molecule has 0 N–H and O–H groups in total. The summed E-state index contributed by atoms with van der Waals surface area (Å²) in [6.07, 6.45) is 2.25. The highest BCUT2D eigenvalue weighted by molar-refractivity contribution is 5.80. The fourth-order valence-corrected chi connectivity index (χ4v) is 2.07. The number of Topliss-reactive ketones (excluding diaryl/α,β-unsaturated/α-hetero) is 1. The number of hydrogen-bond donors (Lipinski definition) is 0. The number of methoxy groups -OCH3 is 2. The van der Waals surface area contributed by atoms with Crippen molar-refractivity contribution in [3.05, 3.63) is 23.8 Å². The second-order valence-corrected chi connectivity index (χ2v) is 4.32. The van der Waals surface area contributed by atoms with Crippen molar-refractivity contribution in [2.45, 2.75) is 33.1 Å². The molecule has 1 unspecified atom stereocenters. The van der Waals surface area contributed by atoms with Crippen LogP contribution in [0.1, 0.15) is 32.3 Å². The lowest BCUT2D eigenvalue weighted by Crippen LogP contribution is -2.15. The summed E-state index contributed by atoms with van der Waals surface area (Å²) in [5.41, 5.74) is 1.11. The molecule has 0 aliphatic carbocycles. The Morgan fingerprint density at radius 1 is 1.17 bits per heavy atom. The third-order valence-electron chi connectivity index (χ3n) is 3.23. The van der Waals surface area contributed by atoms with E-state index < -0.39 is 0 Å². The van der Waals surface area contributed by atoms with E-state index >= 15 is 0 Å². The highest BCUT2D eigenvalue weighted by atomic mass is 16.5. The number of ketones is 1. The maximum absolute atomic E-state index is 11.8. The molecule has 0 bridgehead atoms. The lowest BCUT2D eigenvalue weighted by Gasteiger charge is -2.14. The lowest BCUT2D eigenvalue weighted by atomic mass is 9.91. The van der Waals surface area contributed by atoms with Crippen LogP contribution in [0.3, 0.4) is 0 Å². The number of rotatable bonds is 7. The first kappa shape index (κ1) is 14.6. The molecule has 1 aromatic carbocycles. The zero-order valence-corrected chi connectivity index (χ0v) is 11.7. The summed E-state index contributed by atoms with van der Waals surface area (Å²) in [6, 6.07) is 5.83. The van der Waals surface area contributed by atoms with Crippen LogP contribution >= 0.6 is 0 Å². The van der Waals surface area contributed by atoms with Crippen LogP contribution in [0.2, 0.25) is 0 Å². The number of benzene rings is 1. The monoisotopic (exact) mass is 250 g/mol. The SMILES string of the molecule is CCC(=O)C(CC)Cc1ccc(OC)c(OC)c1. The molecule has 0 heterocycles. The lowest BCUT2D eigenvalue weighted by molar-refractivity contribution is -0.122. The van der Waals surface area contributed by atoms with E-state index in [2.05, 4.69) is 6.92 Å². The molecule has 0 spiro atoms. The number of hydrogen-bond acceptors (Lipinski definition) is 3. The fourth-order valence-electron chi connectivity index (χ4n) is 2.07. The molecule has 0 aromatic heterocycles. The zero-order valence-electron chi connectivity index (χ0n) is 11.7. The van der Waals surface area contributed by atoms with Crippen LogP contribution in [0, 0.1) is 5.92 Å².